The molecule has 3 nitrogen and oxygen atoms in total. The fraction of sp³-hybridized carbons (Fsp3) is 0.400. The van der Waals surface area contributed by atoms with Gasteiger partial charge in [-0.25, -0.2) is 4.98 Å². The average molecular weight is 240 g/mol. The van der Waals surface area contributed by atoms with Crippen LogP contribution in [0.15, 0.2) is 36.8 Å². The van der Waals surface area contributed by atoms with E-state index < -0.39 is 0 Å². The Hall–Kier alpha value is -1.61. The molecule has 1 N–H and O–H groups in total. The van der Waals surface area contributed by atoms with Crippen molar-refractivity contribution in [1.82, 2.24) is 9.55 Å². The first-order valence-corrected chi connectivity index (χ1v) is 6.65. The molecule has 4 rings (SSSR count). The van der Waals surface area contributed by atoms with E-state index in [4.69, 9.17) is 0 Å². The van der Waals surface area contributed by atoms with Crippen molar-refractivity contribution in [2.45, 2.75) is 31.4 Å². The van der Waals surface area contributed by atoms with Gasteiger partial charge in [-0.05, 0) is 18.4 Å². The van der Waals surface area contributed by atoms with Crippen LogP contribution in [0.25, 0.3) is 11.3 Å². The number of hydrogen-bond donors (Lipinski definition) is 1. The lowest BCUT2D eigenvalue weighted by atomic mass is 9.90. The zero-order chi connectivity index (χ0) is 12.1. The van der Waals surface area contributed by atoms with E-state index in [0.29, 0.717) is 5.92 Å². The molecule has 1 aromatic heterocycles. The smallest absolute Gasteiger partial charge is 0.0956 e. The van der Waals surface area contributed by atoms with Gasteiger partial charge >= 0.3 is 0 Å². The summed E-state index contributed by atoms with van der Waals surface area (Å²) in [5.41, 5.74) is 3.81. The maximum atomic E-state index is 10.2. The Morgan fingerprint density at radius 1 is 1.22 bits per heavy atom. The van der Waals surface area contributed by atoms with E-state index in [0.717, 1.165) is 19.3 Å². The quantitative estimate of drug-likeness (QED) is 0.832. The molecule has 2 heterocycles. The molecular formula is C15H16N2O. The number of aliphatic hydroxyl groups excluding tert-OH is 1. The maximum Gasteiger partial charge on any atom is 0.0956 e. The molecule has 2 aromatic rings. The van der Waals surface area contributed by atoms with Gasteiger partial charge in [0.05, 0.1) is 30.4 Å². The molecule has 0 unspecified atom stereocenters. The van der Waals surface area contributed by atoms with Crippen LogP contribution in [0, 0.1) is 5.92 Å². The first kappa shape index (κ1) is 10.3. The molecule has 1 saturated carbocycles. The number of aromatic nitrogens is 2. The summed E-state index contributed by atoms with van der Waals surface area (Å²) in [5.74, 6) is 0.335. The van der Waals surface area contributed by atoms with Crippen LogP contribution < -0.4 is 0 Å². The first-order chi connectivity index (χ1) is 8.86. The second kappa shape index (κ2) is 3.69. The molecule has 3 atom stereocenters. The molecule has 0 bridgehead atoms. The van der Waals surface area contributed by atoms with Crippen molar-refractivity contribution in [1.29, 1.82) is 0 Å². The third kappa shape index (κ3) is 1.25. The van der Waals surface area contributed by atoms with Gasteiger partial charge < -0.3 is 9.67 Å². The molecule has 3 heteroatoms. The number of hydrogen-bond acceptors (Lipinski definition) is 2. The highest BCUT2D eigenvalue weighted by Crippen LogP contribution is 2.47. The van der Waals surface area contributed by atoms with Gasteiger partial charge in [0.15, 0.2) is 0 Å². The molecule has 0 radical (unpaired) electrons. The van der Waals surface area contributed by atoms with Crippen LogP contribution in [0.4, 0.5) is 0 Å². The second-order valence-corrected chi connectivity index (χ2v) is 5.38. The third-order valence-electron chi connectivity index (χ3n) is 4.46. The van der Waals surface area contributed by atoms with E-state index in [9.17, 15) is 5.11 Å². The number of benzene rings is 1. The predicted octanol–water partition coefficient (Wildman–Crippen LogP) is 2.61. The van der Waals surface area contributed by atoms with Gasteiger partial charge in [0.2, 0.25) is 0 Å². The highest BCUT2D eigenvalue weighted by molar-refractivity contribution is 5.69. The van der Waals surface area contributed by atoms with Gasteiger partial charge in [0.25, 0.3) is 0 Å². The van der Waals surface area contributed by atoms with Crippen molar-refractivity contribution in [2.75, 3.05) is 0 Å². The largest absolute Gasteiger partial charge is 0.393 e. The van der Waals surface area contributed by atoms with E-state index in [-0.39, 0.29) is 12.1 Å². The Balaban J connectivity index is 1.89. The number of aliphatic hydroxyl groups is 1. The highest BCUT2D eigenvalue weighted by atomic mass is 16.3. The Kier molecular flexibility index (Phi) is 2.12. The third-order valence-corrected chi connectivity index (χ3v) is 4.46. The minimum atomic E-state index is -0.170. The zero-order valence-corrected chi connectivity index (χ0v) is 10.2. The first-order valence-electron chi connectivity index (χ1n) is 6.65. The van der Waals surface area contributed by atoms with E-state index in [1.54, 1.807) is 0 Å². The van der Waals surface area contributed by atoms with Crippen LogP contribution in [0.5, 0.6) is 0 Å². The van der Waals surface area contributed by atoms with Crippen LogP contribution >= 0.6 is 0 Å². The van der Waals surface area contributed by atoms with Crippen molar-refractivity contribution in [3.05, 3.63) is 42.4 Å². The summed E-state index contributed by atoms with van der Waals surface area (Å²) in [6, 6.07) is 8.79. The lowest BCUT2D eigenvalue weighted by Gasteiger charge is -2.24. The Morgan fingerprint density at radius 2 is 2.11 bits per heavy atom. The van der Waals surface area contributed by atoms with E-state index in [1.807, 2.05) is 12.5 Å². The van der Waals surface area contributed by atoms with Crippen molar-refractivity contribution in [3.63, 3.8) is 0 Å². The summed E-state index contributed by atoms with van der Waals surface area (Å²) < 4.78 is 2.24. The second-order valence-electron chi connectivity index (χ2n) is 5.38. The van der Waals surface area contributed by atoms with E-state index in [1.165, 1.54) is 16.8 Å². The van der Waals surface area contributed by atoms with Gasteiger partial charge in [-0.1, -0.05) is 30.7 Å². The molecule has 0 saturated heterocycles. The summed E-state index contributed by atoms with van der Waals surface area (Å²) in [6.07, 6.45) is 6.85. The molecule has 1 aromatic carbocycles. The van der Waals surface area contributed by atoms with Crippen molar-refractivity contribution in [2.24, 2.45) is 5.92 Å². The Labute approximate surface area is 106 Å². The molecular weight excluding hydrogens is 224 g/mol. The summed E-state index contributed by atoms with van der Waals surface area (Å²) >= 11 is 0. The van der Waals surface area contributed by atoms with Crippen LogP contribution in [-0.2, 0) is 0 Å². The van der Waals surface area contributed by atoms with Gasteiger partial charge in [-0.15, -0.1) is 0 Å². The normalized spacial score (nSPS) is 29.3. The minimum Gasteiger partial charge on any atom is -0.393 e. The standard InChI is InChI=1S/C15H16N2O/c18-14-7-3-6-12(14)15-11-5-2-1-4-10(11)13-8-16-9-17(13)15/h1-2,4-5,8-9,12,14-15,18H,3,6-7H2/t12-,14+,15-/m0/s1. The van der Waals surface area contributed by atoms with Crippen LogP contribution in [0.2, 0.25) is 0 Å². The fourth-order valence-corrected chi connectivity index (χ4v) is 3.65. The van der Waals surface area contributed by atoms with Crippen molar-refractivity contribution >= 4 is 0 Å². The average Bonchev–Trinajstić information content (AvgIpc) is 3.05. The van der Waals surface area contributed by atoms with E-state index >= 15 is 0 Å². The lowest BCUT2D eigenvalue weighted by molar-refractivity contribution is 0.112. The van der Waals surface area contributed by atoms with Crippen LogP contribution in [-0.4, -0.2) is 20.8 Å². The highest BCUT2D eigenvalue weighted by Gasteiger charge is 2.39. The van der Waals surface area contributed by atoms with Gasteiger partial charge in [0.1, 0.15) is 0 Å². The summed E-state index contributed by atoms with van der Waals surface area (Å²) in [7, 11) is 0. The molecule has 1 aliphatic heterocycles. The number of imidazole rings is 1. The topological polar surface area (TPSA) is 38.1 Å². The minimum absolute atomic E-state index is 0.170. The molecule has 1 fully saturated rings. The lowest BCUT2D eigenvalue weighted by Crippen LogP contribution is -2.24. The van der Waals surface area contributed by atoms with Crippen molar-refractivity contribution in [3.8, 4) is 11.3 Å². The summed E-state index contributed by atoms with van der Waals surface area (Å²) in [4.78, 5) is 4.27. The monoisotopic (exact) mass is 240 g/mol. The fourth-order valence-electron chi connectivity index (χ4n) is 3.65. The number of rotatable bonds is 1. The predicted molar refractivity (Wildman–Crippen MR) is 69.1 cm³/mol. The van der Waals surface area contributed by atoms with Gasteiger partial charge in [0, 0.05) is 11.5 Å². The van der Waals surface area contributed by atoms with Crippen LogP contribution in [0.3, 0.4) is 0 Å². The Bertz CT molecular complexity index is 590. The molecule has 18 heavy (non-hydrogen) atoms. The van der Waals surface area contributed by atoms with E-state index in [2.05, 4.69) is 33.8 Å². The van der Waals surface area contributed by atoms with Crippen molar-refractivity contribution < 1.29 is 5.11 Å². The molecule has 2 aliphatic rings. The van der Waals surface area contributed by atoms with Gasteiger partial charge in [-0.3, -0.25) is 0 Å². The molecule has 92 valence electrons. The SMILES string of the molecule is O[C@@H]1CCC[C@@H]1[C@@H]1c2ccccc2-c2cncn21. The summed E-state index contributed by atoms with van der Waals surface area (Å²) in [6.45, 7) is 0. The molecule has 0 amide bonds. The molecule has 1 aliphatic carbocycles. The molecule has 0 spiro atoms. The number of nitrogens with zero attached hydrogens (tertiary/aromatic N) is 2. The number of fused-ring (bicyclic) bond motifs is 3. The van der Waals surface area contributed by atoms with Crippen LogP contribution in [0.1, 0.15) is 30.9 Å². The van der Waals surface area contributed by atoms with Gasteiger partial charge in [-0.2, -0.15) is 0 Å². The zero-order valence-electron chi connectivity index (χ0n) is 10.2. The Morgan fingerprint density at radius 3 is 2.94 bits per heavy atom. The summed E-state index contributed by atoms with van der Waals surface area (Å²) in [5, 5.41) is 10.2. The maximum absolute atomic E-state index is 10.2.